The topological polar surface area (TPSA) is 38.0 Å². The minimum Gasteiger partial charge on any atom is -0.329 e. The molecule has 0 aromatic heterocycles. The summed E-state index contributed by atoms with van der Waals surface area (Å²) in [6.45, 7) is 7.28. The van der Waals surface area contributed by atoms with Crippen molar-refractivity contribution in [3.8, 4) is 0 Å². The fraction of sp³-hybridized carbons (Fsp3) is 1.00. The van der Waals surface area contributed by atoms with Gasteiger partial charge in [-0.2, -0.15) is 0 Å². The van der Waals surface area contributed by atoms with Gasteiger partial charge in [-0.1, -0.05) is 13.8 Å². The van der Waals surface area contributed by atoms with Crippen molar-refractivity contribution in [1.29, 1.82) is 0 Å². The first-order valence-electron chi connectivity index (χ1n) is 4.20. The zero-order valence-corrected chi connectivity index (χ0v) is 7.35. The van der Waals surface area contributed by atoms with Crippen LogP contribution >= 0.6 is 0 Å². The lowest BCUT2D eigenvalue weighted by Gasteiger charge is -2.19. The molecule has 0 amide bonds. The van der Waals surface area contributed by atoms with Crippen LogP contribution in [0, 0.1) is 0 Å². The molecule has 3 N–H and O–H groups in total. The Morgan fingerprint density at radius 3 is 2.20 bits per heavy atom. The first-order chi connectivity index (χ1) is 4.74. The third kappa shape index (κ3) is 3.85. The van der Waals surface area contributed by atoms with Crippen molar-refractivity contribution in [3.63, 3.8) is 0 Å². The molecule has 0 heterocycles. The highest BCUT2D eigenvalue weighted by Crippen LogP contribution is 1.93. The molecule has 0 saturated carbocycles. The zero-order chi connectivity index (χ0) is 7.98. The van der Waals surface area contributed by atoms with Crippen molar-refractivity contribution in [3.05, 3.63) is 0 Å². The molecule has 0 aliphatic rings. The van der Waals surface area contributed by atoms with Crippen LogP contribution in [0.4, 0.5) is 0 Å². The summed E-state index contributed by atoms with van der Waals surface area (Å²) in [5.41, 5.74) is 5.52. The fourth-order valence-electron chi connectivity index (χ4n) is 0.873. The third-order valence-electron chi connectivity index (χ3n) is 1.91. The summed E-state index contributed by atoms with van der Waals surface area (Å²) >= 11 is 0. The van der Waals surface area contributed by atoms with Gasteiger partial charge in [0.2, 0.25) is 0 Å². The van der Waals surface area contributed by atoms with Crippen LogP contribution in [0.2, 0.25) is 0 Å². The summed E-state index contributed by atoms with van der Waals surface area (Å²) in [6.07, 6.45) is 2.30. The van der Waals surface area contributed by atoms with E-state index in [9.17, 15) is 0 Å². The predicted molar refractivity (Wildman–Crippen MR) is 46.0 cm³/mol. The van der Waals surface area contributed by atoms with Gasteiger partial charge >= 0.3 is 0 Å². The minimum absolute atomic E-state index is 0.509. The summed E-state index contributed by atoms with van der Waals surface area (Å²) in [6, 6.07) is 1.11. The van der Waals surface area contributed by atoms with Crippen molar-refractivity contribution in [2.45, 2.75) is 45.7 Å². The van der Waals surface area contributed by atoms with E-state index >= 15 is 0 Å². The largest absolute Gasteiger partial charge is 0.329 e. The molecule has 10 heavy (non-hydrogen) atoms. The lowest BCUT2D eigenvalue weighted by molar-refractivity contribution is 0.432. The van der Waals surface area contributed by atoms with Gasteiger partial charge in [0.1, 0.15) is 0 Å². The molecule has 2 heteroatoms. The Bertz CT molecular complexity index is 69.7. The lowest BCUT2D eigenvalue weighted by Crippen LogP contribution is -2.40. The average molecular weight is 144 g/mol. The predicted octanol–water partition coefficient (Wildman–Crippen LogP) is 1.11. The van der Waals surface area contributed by atoms with E-state index < -0.39 is 0 Å². The van der Waals surface area contributed by atoms with Crippen LogP contribution in [0.5, 0.6) is 0 Å². The maximum absolute atomic E-state index is 5.52. The molecule has 2 atom stereocenters. The van der Waals surface area contributed by atoms with E-state index in [1.54, 1.807) is 0 Å². The van der Waals surface area contributed by atoms with E-state index in [1.165, 1.54) is 6.42 Å². The molecule has 2 unspecified atom stereocenters. The molecule has 0 rings (SSSR count). The third-order valence-corrected chi connectivity index (χ3v) is 1.91. The van der Waals surface area contributed by atoms with Gasteiger partial charge in [-0.25, -0.2) is 0 Å². The number of nitrogens with two attached hydrogens (primary N) is 1. The van der Waals surface area contributed by atoms with E-state index in [4.69, 9.17) is 5.73 Å². The fourth-order valence-corrected chi connectivity index (χ4v) is 0.873. The van der Waals surface area contributed by atoms with Crippen molar-refractivity contribution in [1.82, 2.24) is 5.32 Å². The molecule has 0 radical (unpaired) electrons. The zero-order valence-electron chi connectivity index (χ0n) is 7.35. The standard InChI is InChI=1S/C8H20N2/c1-4-7(3)10-8(5-2)6-9/h7-8,10H,4-6,9H2,1-3H3. The van der Waals surface area contributed by atoms with E-state index in [1.807, 2.05) is 0 Å². The van der Waals surface area contributed by atoms with Gasteiger partial charge in [-0.15, -0.1) is 0 Å². The highest BCUT2D eigenvalue weighted by Gasteiger charge is 2.05. The van der Waals surface area contributed by atoms with Crippen LogP contribution in [0.1, 0.15) is 33.6 Å². The van der Waals surface area contributed by atoms with Crippen molar-refractivity contribution < 1.29 is 0 Å². The van der Waals surface area contributed by atoms with Gasteiger partial charge < -0.3 is 11.1 Å². The molecule has 0 aromatic carbocycles. The molecule has 0 saturated heterocycles. The Hall–Kier alpha value is -0.0800. The highest BCUT2D eigenvalue weighted by molar-refractivity contribution is 4.69. The molecule has 0 fully saturated rings. The first kappa shape index (κ1) is 9.92. The van der Waals surface area contributed by atoms with Crippen LogP contribution in [-0.4, -0.2) is 18.6 Å². The van der Waals surface area contributed by atoms with E-state index in [2.05, 4.69) is 26.1 Å². The molecule has 0 aromatic rings. The van der Waals surface area contributed by atoms with E-state index in [0.29, 0.717) is 12.1 Å². The first-order valence-corrected chi connectivity index (χ1v) is 4.20. The summed E-state index contributed by atoms with van der Waals surface area (Å²) in [7, 11) is 0. The van der Waals surface area contributed by atoms with E-state index in [-0.39, 0.29) is 0 Å². The summed E-state index contributed by atoms with van der Waals surface area (Å²) in [5.74, 6) is 0. The van der Waals surface area contributed by atoms with Crippen LogP contribution < -0.4 is 11.1 Å². The quantitative estimate of drug-likeness (QED) is 0.606. The molecule has 0 bridgehead atoms. The summed E-state index contributed by atoms with van der Waals surface area (Å²) in [4.78, 5) is 0. The Labute approximate surface area is 64.2 Å². The monoisotopic (exact) mass is 144 g/mol. The highest BCUT2D eigenvalue weighted by atomic mass is 15.0. The van der Waals surface area contributed by atoms with Crippen LogP contribution in [0.15, 0.2) is 0 Å². The molecule has 0 aliphatic heterocycles. The molecular formula is C8H20N2. The average Bonchev–Trinajstić information content (AvgIpc) is 1.99. The smallest absolute Gasteiger partial charge is 0.0190 e. The summed E-state index contributed by atoms with van der Waals surface area (Å²) in [5, 5.41) is 3.44. The molecule has 2 nitrogen and oxygen atoms in total. The maximum atomic E-state index is 5.52. The Balaban J connectivity index is 3.41. The van der Waals surface area contributed by atoms with Gasteiger partial charge in [0.05, 0.1) is 0 Å². The number of hydrogen-bond acceptors (Lipinski definition) is 2. The van der Waals surface area contributed by atoms with E-state index in [0.717, 1.165) is 13.0 Å². The van der Waals surface area contributed by atoms with Crippen LogP contribution in [-0.2, 0) is 0 Å². The van der Waals surface area contributed by atoms with Crippen molar-refractivity contribution in [2.24, 2.45) is 5.73 Å². The van der Waals surface area contributed by atoms with Crippen molar-refractivity contribution >= 4 is 0 Å². The minimum atomic E-state index is 0.509. The Kier molecular flexibility index (Phi) is 5.64. The van der Waals surface area contributed by atoms with Gasteiger partial charge in [-0.05, 0) is 19.8 Å². The second kappa shape index (κ2) is 5.69. The summed E-state index contributed by atoms with van der Waals surface area (Å²) < 4.78 is 0. The molecule has 62 valence electrons. The second-order valence-corrected chi connectivity index (χ2v) is 2.82. The van der Waals surface area contributed by atoms with Gasteiger partial charge in [0, 0.05) is 18.6 Å². The lowest BCUT2D eigenvalue weighted by atomic mass is 10.2. The van der Waals surface area contributed by atoms with Crippen molar-refractivity contribution in [2.75, 3.05) is 6.54 Å². The Morgan fingerprint density at radius 2 is 1.90 bits per heavy atom. The van der Waals surface area contributed by atoms with Gasteiger partial charge in [0.15, 0.2) is 0 Å². The molecular weight excluding hydrogens is 124 g/mol. The normalized spacial score (nSPS) is 16.8. The number of nitrogens with one attached hydrogen (secondary N) is 1. The molecule has 0 aliphatic carbocycles. The number of rotatable bonds is 5. The Morgan fingerprint density at radius 1 is 1.30 bits per heavy atom. The second-order valence-electron chi connectivity index (χ2n) is 2.82. The van der Waals surface area contributed by atoms with Crippen LogP contribution in [0.3, 0.4) is 0 Å². The van der Waals surface area contributed by atoms with Gasteiger partial charge in [0.25, 0.3) is 0 Å². The van der Waals surface area contributed by atoms with Gasteiger partial charge in [-0.3, -0.25) is 0 Å². The SMILES string of the molecule is CCC(C)NC(CC)CN. The molecule has 0 spiro atoms. The maximum Gasteiger partial charge on any atom is 0.0190 e. The number of hydrogen-bond donors (Lipinski definition) is 2. The van der Waals surface area contributed by atoms with Crippen LogP contribution in [0.25, 0.3) is 0 Å².